The quantitative estimate of drug-likeness (QED) is 0.557. The SMILES string of the molecule is CC(=O)Oc1ccccc1C(=O)N1CCN(c2ccc(S(C)(=O)=O)cc2F)CC1. The number of halogens is 1. The number of benzene rings is 2. The van der Waals surface area contributed by atoms with E-state index in [9.17, 15) is 22.4 Å². The molecule has 1 fully saturated rings. The van der Waals surface area contributed by atoms with Crippen molar-refractivity contribution in [1.29, 1.82) is 0 Å². The Morgan fingerprint density at radius 3 is 2.28 bits per heavy atom. The second kappa shape index (κ2) is 8.20. The summed E-state index contributed by atoms with van der Waals surface area (Å²) in [6.45, 7) is 2.73. The Balaban J connectivity index is 1.71. The van der Waals surface area contributed by atoms with E-state index in [1.807, 2.05) is 0 Å². The Morgan fingerprint density at radius 2 is 1.69 bits per heavy atom. The number of para-hydroxylation sites is 1. The number of ether oxygens (including phenoxy) is 1. The van der Waals surface area contributed by atoms with Crippen molar-refractivity contribution in [3.63, 3.8) is 0 Å². The second-order valence-corrected chi connectivity index (χ2v) is 8.77. The first-order valence-corrected chi connectivity index (χ1v) is 10.9. The minimum Gasteiger partial charge on any atom is -0.426 e. The topological polar surface area (TPSA) is 84.0 Å². The van der Waals surface area contributed by atoms with Gasteiger partial charge in [-0.25, -0.2) is 12.8 Å². The van der Waals surface area contributed by atoms with Gasteiger partial charge in [0.05, 0.1) is 16.1 Å². The Morgan fingerprint density at radius 1 is 1.03 bits per heavy atom. The van der Waals surface area contributed by atoms with Gasteiger partial charge in [0.25, 0.3) is 5.91 Å². The van der Waals surface area contributed by atoms with Crippen LogP contribution in [0.5, 0.6) is 5.75 Å². The second-order valence-electron chi connectivity index (χ2n) is 6.75. The van der Waals surface area contributed by atoms with Crippen LogP contribution in [0.15, 0.2) is 47.4 Å². The van der Waals surface area contributed by atoms with E-state index in [0.29, 0.717) is 37.4 Å². The van der Waals surface area contributed by atoms with Crippen molar-refractivity contribution in [2.45, 2.75) is 11.8 Å². The van der Waals surface area contributed by atoms with E-state index in [1.54, 1.807) is 34.1 Å². The average Bonchev–Trinajstić information content (AvgIpc) is 2.67. The molecule has 0 aliphatic carbocycles. The monoisotopic (exact) mass is 420 g/mol. The Kier molecular flexibility index (Phi) is 5.88. The largest absolute Gasteiger partial charge is 0.426 e. The van der Waals surface area contributed by atoms with Crippen LogP contribution in [0.25, 0.3) is 0 Å². The van der Waals surface area contributed by atoms with Crippen LogP contribution in [0.1, 0.15) is 17.3 Å². The molecule has 2 aromatic rings. The van der Waals surface area contributed by atoms with Gasteiger partial charge in [-0.3, -0.25) is 9.59 Å². The average molecular weight is 420 g/mol. The molecule has 0 aromatic heterocycles. The highest BCUT2D eigenvalue weighted by Crippen LogP contribution is 2.25. The highest BCUT2D eigenvalue weighted by Gasteiger charge is 2.26. The number of amides is 1. The summed E-state index contributed by atoms with van der Waals surface area (Å²) in [6, 6.07) is 10.3. The zero-order valence-electron chi connectivity index (χ0n) is 16.1. The number of hydrogen-bond acceptors (Lipinski definition) is 6. The standard InChI is InChI=1S/C20H21FN2O5S/c1-14(24)28-19-6-4-3-5-16(19)20(25)23-11-9-22(10-12-23)18-8-7-15(13-17(18)21)29(2,26)27/h3-8,13H,9-12H2,1-2H3. The van der Waals surface area contributed by atoms with E-state index in [1.165, 1.54) is 19.1 Å². The fourth-order valence-electron chi connectivity index (χ4n) is 3.18. The molecule has 0 saturated carbocycles. The number of rotatable bonds is 4. The number of piperazine rings is 1. The van der Waals surface area contributed by atoms with Crippen LogP contribution in [-0.4, -0.2) is 57.6 Å². The van der Waals surface area contributed by atoms with Gasteiger partial charge in [0.2, 0.25) is 0 Å². The summed E-state index contributed by atoms with van der Waals surface area (Å²) in [5.41, 5.74) is 0.588. The maximum absolute atomic E-state index is 14.4. The first-order chi connectivity index (χ1) is 13.7. The molecule has 0 atom stereocenters. The lowest BCUT2D eigenvalue weighted by atomic mass is 10.1. The van der Waals surface area contributed by atoms with Gasteiger partial charge in [-0.05, 0) is 30.3 Å². The molecule has 1 heterocycles. The normalized spacial score (nSPS) is 14.6. The van der Waals surface area contributed by atoms with Crippen LogP contribution >= 0.6 is 0 Å². The smallest absolute Gasteiger partial charge is 0.308 e. The third kappa shape index (κ3) is 4.73. The van der Waals surface area contributed by atoms with Crippen molar-refractivity contribution in [1.82, 2.24) is 4.90 Å². The van der Waals surface area contributed by atoms with Gasteiger partial charge in [-0.1, -0.05) is 12.1 Å². The molecule has 154 valence electrons. The van der Waals surface area contributed by atoms with Crippen LogP contribution in [0, 0.1) is 5.82 Å². The number of nitrogens with zero attached hydrogens (tertiary/aromatic N) is 2. The summed E-state index contributed by atoms with van der Waals surface area (Å²) >= 11 is 0. The van der Waals surface area contributed by atoms with Crippen molar-refractivity contribution in [2.24, 2.45) is 0 Å². The highest BCUT2D eigenvalue weighted by molar-refractivity contribution is 7.90. The minimum absolute atomic E-state index is 0.0744. The molecular weight excluding hydrogens is 399 g/mol. The fourth-order valence-corrected chi connectivity index (χ4v) is 3.82. The van der Waals surface area contributed by atoms with Gasteiger partial charge in [0.15, 0.2) is 9.84 Å². The first-order valence-electron chi connectivity index (χ1n) is 8.98. The lowest BCUT2D eigenvalue weighted by Crippen LogP contribution is -2.49. The molecular formula is C20H21FN2O5S. The molecule has 0 unspecified atom stereocenters. The van der Waals surface area contributed by atoms with Crippen LogP contribution in [-0.2, 0) is 14.6 Å². The molecule has 3 rings (SSSR count). The van der Waals surface area contributed by atoms with Crippen LogP contribution < -0.4 is 9.64 Å². The molecule has 1 aliphatic heterocycles. The van der Waals surface area contributed by atoms with Gasteiger partial charge in [0.1, 0.15) is 11.6 Å². The summed E-state index contributed by atoms with van der Waals surface area (Å²) in [6.07, 6.45) is 1.03. The molecule has 0 radical (unpaired) electrons. The molecule has 7 nitrogen and oxygen atoms in total. The summed E-state index contributed by atoms with van der Waals surface area (Å²) in [7, 11) is -3.48. The number of esters is 1. The van der Waals surface area contributed by atoms with Crippen molar-refractivity contribution in [2.75, 3.05) is 37.3 Å². The Hall–Kier alpha value is -2.94. The van der Waals surface area contributed by atoms with E-state index in [0.717, 1.165) is 12.3 Å². The zero-order chi connectivity index (χ0) is 21.2. The lowest BCUT2D eigenvalue weighted by Gasteiger charge is -2.36. The van der Waals surface area contributed by atoms with Gasteiger partial charge in [0, 0.05) is 39.4 Å². The number of carbonyl (C=O) groups excluding carboxylic acids is 2. The maximum Gasteiger partial charge on any atom is 0.308 e. The van der Waals surface area contributed by atoms with Gasteiger partial charge >= 0.3 is 5.97 Å². The zero-order valence-corrected chi connectivity index (χ0v) is 16.9. The fraction of sp³-hybridized carbons (Fsp3) is 0.300. The third-order valence-corrected chi connectivity index (χ3v) is 5.74. The highest BCUT2D eigenvalue weighted by atomic mass is 32.2. The van der Waals surface area contributed by atoms with Crippen LogP contribution in [0.4, 0.5) is 10.1 Å². The molecule has 9 heteroatoms. The maximum atomic E-state index is 14.4. The first kappa shape index (κ1) is 20.8. The van der Waals surface area contributed by atoms with E-state index in [2.05, 4.69) is 0 Å². The lowest BCUT2D eigenvalue weighted by molar-refractivity contribution is -0.131. The molecule has 0 N–H and O–H groups in total. The molecule has 0 bridgehead atoms. The third-order valence-electron chi connectivity index (χ3n) is 4.63. The van der Waals surface area contributed by atoms with Gasteiger partial charge in [-0.2, -0.15) is 0 Å². The Bertz CT molecular complexity index is 1050. The number of carbonyl (C=O) groups is 2. The Labute approximate surface area is 168 Å². The van der Waals surface area contributed by atoms with E-state index >= 15 is 0 Å². The van der Waals surface area contributed by atoms with Crippen molar-refractivity contribution in [3.05, 3.63) is 53.8 Å². The van der Waals surface area contributed by atoms with Gasteiger partial charge in [-0.15, -0.1) is 0 Å². The van der Waals surface area contributed by atoms with Crippen molar-refractivity contribution in [3.8, 4) is 5.75 Å². The molecule has 2 aromatic carbocycles. The minimum atomic E-state index is -3.48. The van der Waals surface area contributed by atoms with Crippen molar-refractivity contribution < 1.29 is 27.1 Å². The molecule has 1 aliphatic rings. The van der Waals surface area contributed by atoms with E-state index in [-0.39, 0.29) is 16.6 Å². The molecule has 1 saturated heterocycles. The summed E-state index contributed by atoms with van der Waals surface area (Å²) in [4.78, 5) is 27.4. The molecule has 1 amide bonds. The predicted molar refractivity (Wildman–Crippen MR) is 105 cm³/mol. The summed E-state index contributed by atoms with van der Waals surface area (Å²) < 4.78 is 42.7. The summed E-state index contributed by atoms with van der Waals surface area (Å²) in [5.74, 6) is -1.19. The van der Waals surface area contributed by atoms with Gasteiger partial charge < -0.3 is 14.5 Å². The van der Waals surface area contributed by atoms with Crippen molar-refractivity contribution >= 4 is 27.4 Å². The predicted octanol–water partition coefficient (Wildman–Crippen LogP) is 2.12. The number of hydrogen-bond donors (Lipinski definition) is 0. The summed E-state index contributed by atoms with van der Waals surface area (Å²) in [5, 5.41) is 0. The van der Waals surface area contributed by atoms with Crippen LogP contribution in [0.2, 0.25) is 0 Å². The van der Waals surface area contributed by atoms with Crippen LogP contribution in [0.3, 0.4) is 0 Å². The number of anilines is 1. The number of sulfone groups is 1. The van der Waals surface area contributed by atoms with E-state index < -0.39 is 21.6 Å². The molecule has 29 heavy (non-hydrogen) atoms. The van der Waals surface area contributed by atoms with E-state index in [4.69, 9.17) is 4.74 Å². The molecule has 0 spiro atoms.